The number of hydrogen-bond donors (Lipinski definition) is 2. The van der Waals surface area contributed by atoms with E-state index in [1.807, 2.05) is 30.3 Å². The highest BCUT2D eigenvalue weighted by Crippen LogP contribution is 2.22. The normalized spacial score (nSPS) is 10.5. The minimum absolute atomic E-state index is 0.0574. The first-order chi connectivity index (χ1) is 15.0. The van der Waals surface area contributed by atoms with Gasteiger partial charge in [0.05, 0.1) is 23.6 Å². The van der Waals surface area contributed by atoms with Crippen LogP contribution in [-0.4, -0.2) is 34.2 Å². The molecule has 3 aromatic rings. The van der Waals surface area contributed by atoms with Gasteiger partial charge in [0.15, 0.2) is 5.16 Å². The summed E-state index contributed by atoms with van der Waals surface area (Å²) in [5.74, 6) is -0.117. The molecule has 0 aliphatic carbocycles. The Hall–Kier alpha value is -3.04. The molecule has 2 N–H and O–H groups in total. The van der Waals surface area contributed by atoms with Gasteiger partial charge in [-0.3, -0.25) is 9.59 Å². The molecule has 3 rings (SSSR count). The molecule has 0 atom stereocenters. The third-order valence-electron chi connectivity index (χ3n) is 3.90. The maximum Gasteiger partial charge on any atom is 0.338 e. The molecule has 0 aliphatic heterocycles. The van der Waals surface area contributed by atoms with Gasteiger partial charge in [0.1, 0.15) is 0 Å². The number of carbonyl (C=O) groups is 2. The molecule has 1 aromatic heterocycles. The number of esters is 1. The summed E-state index contributed by atoms with van der Waals surface area (Å²) >= 11 is 2.72. The number of hydrogen-bond acceptors (Lipinski definition) is 7. The van der Waals surface area contributed by atoms with Crippen molar-refractivity contribution >= 4 is 41.1 Å². The second kappa shape index (κ2) is 11.4. The molecule has 9 heteroatoms. The second-order valence-corrected chi connectivity index (χ2v) is 8.29. The molecule has 0 bridgehead atoms. The van der Waals surface area contributed by atoms with Gasteiger partial charge in [-0.15, -0.1) is 11.8 Å². The van der Waals surface area contributed by atoms with Crippen LogP contribution < -0.4 is 10.9 Å². The van der Waals surface area contributed by atoms with Gasteiger partial charge in [-0.25, -0.2) is 9.78 Å². The molecule has 0 radical (unpaired) electrons. The number of carbonyl (C=O) groups excluding carboxylic acids is 2. The predicted octanol–water partition coefficient (Wildman–Crippen LogP) is 3.97. The SMILES string of the molecule is CCOC(=O)c1cccc(NC(=O)CSc2nc(CSc3ccccc3)cc(=O)[nH]2)c1. The molecule has 31 heavy (non-hydrogen) atoms. The topological polar surface area (TPSA) is 101 Å². The Morgan fingerprint density at radius 3 is 2.65 bits per heavy atom. The third kappa shape index (κ3) is 7.30. The van der Waals surface area contributed by atoms with Crippen molar-refractivity contribution in [2.24, 2.45) is 0 Å². The summed E-state index contributed by atoms with van der Waals surface area (Å²) in [5, 5.41) is 3.12. The van der Waals surface area contributed by atoms with E-state index in [1.54, 1.807) is 43.0 Å². The van der Waals surface area contributed by atoms with E-state index in [0.29, 0.717) is 27.9 Å². The van der Waals surface area contributed by atoms with Crippen LogP contribution in [0, 0.1) is 0 Å². The smallest absolute Gasteiger partial charge is 0.338 e. The fraction of sp³-hybridized carbons (Fsp3) is 0.182. The van der Waals surface area contributed by atoms with Crippen molar-refractivity contribution in [1.82, 2.24) is 9.97 Å². The van der Waals surface area contributed by atoms with Gasteiger partial charge in [0.25, 0.3) is 5.56 Å². The van der Waals surface area contributed by atoms with E-state index in [2.05, 4.69) is 15.3 Å². The first-order valence-electron chi connectivity index (χ1n) is 9.51. The summed E-state index contributed by atoms with van der Waals surface area (Å²) in [6.07, 6.45) is 0. The largest absolute Gasteiger partial charge is 0.462 e. The summed E-state index contributed by atoms with van der Waals surface area (Å²) in [7, 11) is 0. The van der Waals surface area contributed by atoms with E-state index in [1.165, 1.54) is 6.07 Å². The number of rotatable bonds is 9. The van der Waals surface area contributed by atoms with Crippen LogP contribution >= 0.6 is 23.5 Å². The Morgan fingerprint density at radius 1 is 1.06 bits per heavy atom. The molecule has 0 unspecified atom stereocenters. The number of benzene rings is 2. The molecule has 0 saturated carbocycles. The number of thioether (sulfide) groups is 2. The molecule has 7 nitrogen and oxygen atoms in total. The predicted molar refractivity (Wildman–Crippen MR) is 123 cm³/mol. The van der Waals surface area contributed by atoms with Crippen molar-refractivity contribution in [3.63, 3.8) is 0 Å². The minimum Gasteiger partial charge on any atom is -0.462 e. The van der Waals surface area contributed by atoms with Crippen molar-refractivity contribution in [2.75, 3.05) is 17.7 Å². The van der Waals surface area contributed by atoms with Gasteiger partial charge in [-0.2, -0.15) is 0 Å². The molecular formula is C22H21N3O4S2. The molecular weight excluding hydrogens is 434 g/mol. The van der Waals surface area contributed by atoms with Crippen LogP contribution in [0.4, 0.5) is 5.69 Å². The monoisotopic (exact) mass is 455 g/mol. The molecule has 160 valence electrons. The van der Waals surface area contributed by atoms with Crippen molar-refractivity contribution < 1.29 is 14.3 Å². The van der Waals surface area contributed by atoms with Gasteiger partial charge in [0, 0.05) is 22.4 Å². The zero-order chi connectivity index (χ0) is 22.1. The number of aromatic amines is 1. The van der Waals surface area contributed by atoms with Gasteiger partial charge < -0.3 is 15.0 Å². The number of aromatic nitrogens is 2. The molecule has 2 aromatic carbocycles. The lowest BCUT2D eigenvalue weighted by atomic mass is 10.2. The van der Waals surface area contributed by atoms with Crippen LogP contribution in [0.25, 0.3) is 0 Å². The number of nitrogens with one attached hydrogen (secondary N) is 2. The number of H-pyrrole nitrogens is 1. The van der Waals surface area contributed by atoms with Gasteiger partial charge in [-0.1, -0.05) is 36.0 Å². The highest BCUT2D eigenvalue weighted by Gasteiger charge is 2.10. The van der Waals surface area contributed by atoms with E-state index in [9.17, 15) is 14.4 Å². The molecule has 0 spiro atoms. The van der Waals surface area contributed by atoms with Crippen molar-refractivity contribution in [3.05, 3.63) is 82.3 Å². The average molecular weight is 456 g/mol. The molecule has 0 saturated heterocycles. The van der Waals surface area contributed by atoms with Crippen LogP contribution in [0.3, 0.4) is 0 Å². The van der Waals surface area contributed by atoms with E-state index >= 15 is 0 Å². The van der Waals surface area contributed by atoms with E-state index in [4.69, 9.17) is 4.74 Å². The standard InChI is InChI=1S/C22H21N3O4S2/c1-2-29-21(28)15-7-6-8-16(11-15)23-20(27)14-31-22-24-17(12-19(26)25-22)13-30-18-9-4-3-5-10-18/h3-12H,2,13-14H2,1H3,(H,23,27)(H,24,25,26). The maximum atomic E-state index is 12.3. The van der Waals surface area contributed by atoms with Crippen molar-refractivity contribution in [2.45, 2.75) is 22.7 Å². The van der Waals surface area contributed by atoms with E-state index < -0.39 is 5.97 Å². The number of ether oxygens (including phenoxy) is 1. The van der Waals surface area contributed by atoms with Crippen molar-refractivity contribution in [3.8, 4) is 0 Å². The zero-order valence-corrected chi connectivity index (χ0v) is 18.4. The fourth-order valence-electron chi connectivity index (χ4n) is 2.57. The van der Waals surface area contributed by atoms with Gasteiger partial charge in [0.2, 0.25) is 5.91 Å². The lowest BCUT2D eigenvalue weighted by Crippen LogP contribution is -2.16. The maximum absolute atomic E-state index is 12.3. The molecule has 0 fully saturated rings. The van der Waals surface area contributed by atoms with Gasteiger partial charge in [-0.05, 0) is 37.3 Å². The lowest BCUT2D eigenvalue weighted by Gasteiger charge is -2.08. The first-order valence-corrected chi connectivity index (χ1v) is 11.5. The van der Waals surface area contributed by atoms with Crippen LogP contribution in [0.2, 0.25) is 0 Å². The Bertz CT molecular complexity index is 1100. The van der Waals surface area contributed by atoms with Crippen LogP contribution in [0.15, 0.2) is 75.5 Å². The van der Waals surface area contributed by atoms with E-state index in [0.717, 1.165) is 16.7 Å². The Balaban J connectivity index is 1.56. The Kier molecular flexibility index (Phi) is 8.31. The first kappa shape index (κ1) is 22.6. The quantitative estimate of drug-likeness (QED) is 0.286. The highest BCUT2D eigenvalue weighted by molar-refractivity contribution is 7.99. The summed E-state index contributed by atoms with van der Waals surface area (Å²) in [5.41, 5.74) is 1.24. The summed E-state index contributed by atoms with van der Waals surface area (Å²) in [4.78, 5) is 44.2. The van der Waals surface area contributed by atoms with Crippen LogP contribution in [0.5, 0.6) is 0 Å². The molecule has 1 heterocycles. The highest BCUT2D eigenvalue weighted by atomic mass is 32.2. The lowest BCUT2D eigenvalue weighted by molar-refractivity contribution is -0.113. The third-order valence-corrected chi connectivity index (χ3v) is 5.82. The number of anilines is 1. The van der Waals surface area contributed by atoms with Crippen molar-refractivity contribution in [1.29, 1.82) is 0 Å². The minimum atomic E-state index is -0.445. The second-order valence-electron chi connectivity index (χ2n) is 6.28. The number of nitrogens with zero attached hydrogens (tertiary/aromatic N) is 1. The van der Waals surface area contributed by atoms with Gasteiger partial charge >= 0.3 is 5.97 Å². The molecule has 1 amide bonds. The summed E-state index contributed by atoms with van der Waals surface area (Å²) in [6, 6.07) is 17.8. The fourth-order valence-corrected chi connectivity index (χ4v) is 4.08. The Labute approximate surface area is 188 Å². The number of amides is 1. The Morgan fingerprint density at radius 2 is 1.87 bits per heavy atom. The van der Waals surface area contributed by atoms with E-state index in [-0.39, 0.29) is 23.8 Å². The van der Waals surface area contributed by atoms with Crippen LogP contribution in [0.1, 0.15) is 23.0 Å². The summed E-state index contributed by atoms with van der Waals surface area (Å²) in [6.45, 7) is 2.01. The molecule has 0 aliphatic rings. The van der Waals surface area contributed by atoms with Crippen LogP contribution in [-0.2, 0) is 15.3 Å². The average Bonchev–Trinajstić information content (AvgIpc) is 2.77. The summed E-state index contributed by atoms with van der Waals surface area (Å²) < 4.78 is 4.96. The zero-order valence-electron chi connectivity index (χ0n) is 16.8.